The molecule has 2 N–H and O–H groups in total. The van der Waals surface area contributed by atoms with Crippen LogP contribution in [-0.2, 0) is 11.2 Å². The summed E-state index contributed by atoms with van der Waals surface area (Å²) in [5.74, 6) is -3.59. The van der Waals surface area contributed by atoms with Gasteiger partial charge in [-0.25, -0.2) is 13.2 Å². The van der Waals surface area contributed by atoms with Gasteiger partial charge in [-0.15, -0.1) is 12.4 Å². The molecule has 0 unspecified atom stereocenters. The molecule has 2 aromatic rings. The molecule has 1 heterocycles. The molecule has 1 atom stereocenters. The van der Waals surface area contributed by atoms with Crippen molar-refractivity contribution in [3.05, 3.63) is 71.0 Å². The van der Waals surface area contributed by atoms with Gasteiger partial charge in [-0.2, -0.15) is 0 Å². The molecule has 5 nitrogen and oxygen atoms in total. The van der Waals surface area contributed by atoms with E-state index in [1.807, 2.05) is 6.07 Å². The van der Waals surface area contributed by atoms with Gasteiger partial charge in [-0.3, -0.25) is 9.59 Å². The minimum Gasteiger partial charge on any atom is -0.341 e. The first kappa shape index (κ1) is 24.7. The summed E-state index contributed by atoms with van der Waals surface area (Å²) in [6.45, 7) is 1.82. The van der Waals surface area contributed by atoms with Gasteiger partial charge >= 0.3 is 0 Å². The van der Waals surface area contributed by atoms with Crippen LogP contribution in [0.2, 0.25) is 0 Å². The smallest absolute Gasteiger partial charge is 0.253 e. The predicted molar refractivity (Wildman–Crippen MR) is 113 cm³/mol. The van der Waals surface area contributed by atoms with Crippen LogP contribution in [0.3, 0.4) is 0 Å². The Kier molecular flexibility index (Phi) is 8.88. The SMILES string of the molecule is Cl.N[C@@H](CC(=O)N1CCCN(C(=O)c2ccccc2)CC1)Cc1cc(F)c(F)cc1F. The monoisotopic (exact) mass is 455 g/mol. The Bertz CT molecular complexity index is 914. The van der Waals surface area contributed by atoms with E-state index in [2.05, 4.69) is 0 Å². The van der Waals surface area contributed by atoms with E-state index >= 15 is 0 Å². The van der Waals surface area contributed by atoms with Crippen LogP contribution >= 0.6 is 12.4 Å². The van der Waals surface area contributed by atoms with Gasteiger partial charge in [0.1, 0.15) is 5.82 Å². The Labute approximate surface area is 185 Å². The van der Waals surface area contributed by atoms with Crippen LogP contribution in [0.4, 0.5) is 13.2 Å². The maximum atomic E-state index is 13.8. The third kappa shape index (κ3) is 6.45. The molecule has 2 amide bonds. The van der Waals surface area contributed by atoms with Crippen molar-refractivity contribution in [1.82, 2.24) is 9.80 Å². The summed E-state index contributed by atoms with van der Waals surface area (Å²) in [7, 11) is 0. The van der Waals surface area contributed by atoms with E-state index in [0.29, 0.717) is 44.2 Å². The van der Waals surface area contributed by atoms with E-state index in [1.54, 1.807) is 34.1 Å². The molecule has 0 aliphatic carbocycles. The zero-order valence-electron chi connectivity index (χ0n) is 16.9. The second-order valence-electron chi connectivity index (χ2n) is 7.42. The summed E-state index contributed by atoms with van der Waals surface area (Å²) < 4.78 is 40.2. The number of benzene rings is 2. The van der Waals surface area contributed by atoms with Crippen molar-refractivity contribution in [3.8, 4) is 0 Å². The number of amides is 2. The minimum absolute atomic E-state index is 0. The van der Waals surface area contributed by atoms with Gasteiger partial charge in [0.05, 0.1) is 0 Å². The van der Waals surface area contributed by atoms with E-state index < -0.39 is 23.5 Å². The Balaban J connectivity index is 0.00000341. The van der Waals surface area contributed by atoms with Crippen LogP contribution in [0.25, 0.3) is 0 Å². The lowest BCUT2D eigenvalue weighted by Crippen LogP contribution is -2.40. The second-order valence-corrected chi connectivity index (χ2v) is 7.42. The fourth-order valence-corrected chi connectivity index (χ4v) is 3.56. The van der Waals surface area contributed by atoms with Crippen molar-refractivity contribution in [1.29, 1.82) is 0 Å². The topological polar surface area (TPSA) is 66.6 Å². The lowest BCUT2D eigenvalue weighted by molar-refractivity contribution is -0.131. The van der Waals surface area contributed by atoms with Gasteiger partial charge in [0.25, 0.3) is 5.91 Å². The molecule has 9 heteroatoms. The van der Waals surface area contributed by atoms with Gasteiger partial charge in [-0.05, 0) is 36.6 Å². The number of hydrogen-bond acceptors (Lipinski definition) is 3. The Morgan fingerprint density at radius 1 is 0.903 bits per heavy atom. The Morgan fingerprint density at radius 3 is 2.23 bits per heavy atom. The standard InChI is InChI=1S/C22H24F3N3O2.ClH/c23-18-14-20(25)19(24)12-16(18)11-17(26)13-21(29)27-7-4-8-28(10-9-27)22(30)15-5-2-1-3-6-15;/h1-3,5-6,12,14,17H,4,7-11,13,26H2;1H/t17-;/m1./s1. The average Bonchev–Trinajstić information content (AvgIpc) is 2.98. The predicted octanol–water partition coefficient (Wildman–Crippen LogP) is 3.16. The number of carbonyl (C=O) groups is 2. The van der Waals surface area contributed by atoms with E-state index in [4.69, 9.17) is 5.73 Å². The molecule has 0 saturated carbocycles. The summed E-state index contributed by atoms with van der Waals surface area (Å²) in [4.78, 5) is 28.6. The highest BCUT2D eigenvalue weighted by atomic mass is 35.5. The van der Waals surface area contributed by atoms with Gasteiger partial charge in [-0.1, -0.05) is 18.2 Å². The molecular formula is C22H25ClF3N3O2. The molecule has 2 aromatic carbocycles. The van der Waals surface area contributed by atoms with Crippen molar-refractivity contribution in [2.45, 2.75) is 25.3 Å². The van der Waals surface area contributed by atoms with Crippen LogP contribution in [0.15, 0.2) is 42.5 Å². The highest BCUT2D eigenvalue weighted by molar-refractivity contribution is 5.94. The highest BCUT2D eigenvalue weighted by Gasteiger charge is 2.24. The number of nitrogens with zero attached hydrogens (tertiary/aromatic N) is 2. The lowest BCUT2D eigenvalue weighted by Gasteiger charge is -2.23. The van der Waals surface area contributed by atoms with Crippen LogP contribution in [0, 0.1) is 17.5 Å². The molecule has 0 bridgehead atoms. The molecule has 168 valence electrons. The minimum atomic E-state index is -1.26. The zero-order valence-corrected chi connectivity index (χ0v) is 17.7. The summed E-state index contributed by atoms with van der Waals surface area (Å²) >= 11 is 0. The van der Waals surface area contributed by atoms with Gasteiger partial charge < -0.3 is 15.5 Å². The van der Waals surface area contributed by atoms with E-state index in [9.17, 15) is 22.8 Å². The van der Waals surface area contributed by atoms with Crippen LogP contribution in [0.5, 0.6) is 0 Å². The van der Waals surface area contributed by atoms with Crippen molar-refractivity contribution in [2.75, 3.05) is 26.2 Å². The molecule has 1 aliphatic heterocycles. The molecule has 31 heavy (non-hydrogen) atoms. The van der Waals surface area contributed by atoms with Crippen molar-refractivity contribution >= 4 is 24.2 Å². The number of halogens is 4. The van der Waals surface area contributed by atoms with Crippen molar-refractivity contribution in [2.24, 2.45) is 5.73 Å². The third-order valence-corrected chi connectivity index (χ3v) is 5.16. The highest BCUT2D eigenvalue weighted by Crippen LogP contribution is 2.17. The lowest BCUT2D eigenvalue weighted by atomic mass is 10.0. The first-order valence-electron chi connectivity index (χ1n) is 9.86. The van der Waals surface area contributed by atoms with E-state index in [1.165, 1.54) is 0 Å². The quantitative estimate of drug-likeness (QED) is 0.704. The third-order valence-electron chi connectivity index (χ3n) is 5.16. The van der Waals surface area contributed by atoms with Crippen molar-refractivity contribution in [3.63, 3.8) is 0 Å². The first-order chi connectivity index (χ1) is 14.3. The summed E-state index contributed by atoms with van der Waals surface area (Å²) in [6.07, 6.45) is 0.504. The maximum Gasteiger partial charge on any atom is 0.253 e. The number of rotatable bonds is 5. The average molecular weight is 456 g/mol. The van der Waals surface area contributed by atoms with Gasteiger partial charge in [0, 0.05) is 50.3 Å². The molecule has 1 aliphatic rings. The molecule has 1 saturated heterocycles. The van der Waals surface area contributed by atoms with Crippen molar-refractivity contribution < 1.29 is 22.8 Å². The molecule has 1 fully saturated rings. The number of carbonyl (C=O) groups excluding carboxylic acids is 2. The van der Waals surface area contributed by atoms with Gasteiger partial charge in [0.2, 0.25) is 5.91 Å². The molecule has 0 spiro atoms. The van der Waals surface area contributed by atoms with Crippen LogP contribution in [-0.4, -0.2) is 53.8 Å². The van der Waals surface area contributed by atoms with E-state index in [0.717, 1.165) is 6.07 Å². The Hall–Kier alpha value is -2.58. The molecular weight excluding hydrogens is 431 g/mol. The molecule has 3 rings (SSSR count). The largest absolute Gasteiger partial charge is 0.341 e. The summed E-state index contributed by atoms with van der Waals surface area (Å²) in [6, 6.07) is 9.48. The fourth-order valence-electron chi connectivity index (χ4n) is 3.56. The Morgan fingerprint density at radius 2 is 1.52 bits per heavy atom. The zero-order chi connectivity index (χ0) is 21.7. The number of nitrogens with two attached hydrogens (primary N) is 1. The summed E-state index contributed by atoms with van der Waals surface area (Å²) in [5, 5.41) is 0. The summed E-state index contributed by atoms with van der Waals surface area (Å²) in [5.41, 5.74) is 6.51. The first-order valence-corrected chi connectivity index (χ1v) is 9.86. The van der Waals surface area contributed by atoms with Crippen LogP contribution < -0.4 is 5.73 Å². The van der Waals surface area contributed by atoms with E-state index in [-0.39, 0.29) is 42.6 Å². The van der Waals surface area contributed by atoms with Crippen LogP contribution in [0.1, 0.15) is 28.8 Å². The van der Waals surface area contributed by atoms with Gasteiger partial charge in [0.15, 0.2) is 11.6 Å². The number of hydrogen-bond donors (Lipinski definition) is 1. The maximum absolute atomic E-state index is 13.8. The normalized spacial score (nSPS) is 15.1. The fraction of sp³-hybridized carbons (Fsp3) is 0.364. The molecule has 0 radical (unpaired) electrons. The molecule has 0 aromatic heterocycles. The second kappa shape index (κ2) is 11.2.